The Hall–Kier alpha value is -3.25. The third-order valence-corrected chi connectivity index (χ3v) is 4.09. The predicted octanol–water partition coefficient (Wildman–Crippen LogP) is 3.91. The fourth-order valence-electron chi connectivity index (χ4n) is 2.44. The van der Waals surface area contributed by atoms with Crippen LogP contribution in [0.5, 0.6) is 0 Å². The summed E-state index contributed by atoms with van der Waals surface area (Å²) in [5.74, 6) is 0.128. The Morgan fingerprint density at radius 1 is 0.926 bits per heavy atom. The first-order valence-corrected chi connectivity index (χ1v) is 8.69. The number of halogens is 1. The molecule has 0 aliphatic carbocycles. The van der Waals surface area contributed by atoms with Gasteiger partial charge in [-0.05, 0) is 36.4 Å². The van der Waals surface area contributed by atoms with E-state index in [0.717, 1.165) is 0 Å². The fourth-order valence-corrected chi connectivity index (χ4v) is 2.63. The van der Waals surface area contributed by atoms with Crippen LogP contribution in [0.4, 0.5) is 11.4 Å². The third-order valence-electron chi connectivity index (χ3n) is 3.76. The molecule has 1 aromatic heterocycles. The molecular formula is C20H18ClN3O3. The molecule has 0 fully saturated rings. The van der Waals surface area contributed by atoms with Gasteiger partial charge in [-0.2, -0.15) is 0 Å². The second-order valence-electron chi connectivity index (χ2n) is 5.69. The average Bonchev–Trinajstić information content (AvgIpc) is 3.20. The minimum absolute atomic E-state index is 0.00625. The van der Waals surface area contributed by atoms with Crippen LogP contribution in [0.15, 0.2) is 71.3 Å². The number of amides is 2. The van der Waals surface area contributed by atoms with E-state index in [9.17, 15) is 9.59 Å². The molecule has 0 spiro atoms. The molecule has 2 aromatic carbocycles. The highest BCUT2D eigenvalue weighted by molar-refractivity contribution is 6.33. The molecule has 138 valence electrons. The molecule has 6 nitrogen and oxygen atoms in total. The number of rotatable bonds is 7. The highest BCUT2D eigenvalue weighted by atomic mass is 35.5. The largest absolute Gasteiger partial charge is 0.467 e. The Kier molecular flexibility index (Phi) is 6.12. The molecular weight excluding hydrogens is 366 g/mol. The molecule has 2 amide bonds. The number of hydrogen-bond acceptors (Lipinski definition) is 4. The van der Waals surface area contributed by atoms with Gasteiger partial charge in [0, 0.05) is 5.69 Å². The van der Waals surface area contributed by atoms with E-state index in [-0.39, 0.29) is 24.9 Å². The summed E-state index contributed by atoms with van der Waals surface area (Å²) in [7, 11) is 0. The molecule has 0 radical (unpaired) electrons. The smallest absolute Gasteiger partial charge is 0.253 e. The van der Waals surface area contributed by atoms with Crippen molar-refractivity contribution in [3.63, 3.8) is 0 Å². The molecule has 0 unspecified atom stereocenters. The van der Waals surface area contributed by atoms with Gasteiger partial charge in [-0.25, -0.2) is 0 Å². The van der Waals surface area contributed by atoms with Crippen molar-refractivity contribution in [1.29, 1.82) is 0 Å². The Morgan fingerprint density at radius 2 is 1.67 bits per heavy atom. The van der Waals surface area contributed by atoms with Gasteiger partial charge >= 0.3 is 0 Å². The SMILES string of the molecule is O=C(CNc1ccccc1C(=O)NCc1ccco1)Nc1ccccc1Cl. The summed E-state index contributed by atoms with van der Waals surface area (Å²) in [5.41, 5.74) is 1.54. The predicted molar refractivity (Wildman–Crippen MR) is 105 cm³/mol. The van der Waals surface area contributed by atoms with Gasteiger partial charge in [-0.3, -0.25) is 9.59 Å². The number of nitrogens with one attached hydrogen (secondary N) is 3. The van der Waals surface area contributed by atoms with E-state index in [1.165, 1.54) is 0 Å². The first kappa shape index (κ1) is 18.5. The Labute approximate surface area is 161 Å². The van der Waals surface area contributed by atoms with Gasteiger partial charge in [0.1, 0.15) is 5.76 Å². The molecule has 3 N–H and O–H groups in total. The normalized spacial score (nSPS) is 10.3. The van der Waals surface area contributed by atoms with Gasteiger partial charge in [0.05, 0.1) is 35.6 Å². The average molecular weight is 384 g/mol. The number of furan rings is 1. The summed E-state index contributed by atoms with van der Waals surface area (Å²) < 4.78 is 5.20. The van der Waals surface area contributed by atoms with E-state index < -0.39 is 0 Å². The van der Waals surface area contributed by atoms with Crippen LogP contribution in [0.2, 0.25) is 5.02 Å². The maximum absolute atomic E-state index is 12.4. The van der Waals surface area contributed by atoms with Crippen LogP contribution in [-0.2, 0) is 11.3 Å². The summed E-state index contributed by atoms with van der Waals surface area (Å²) in [5, 5.41) is 8.96. The van der Waals surface area contributed by atoms with Crippen LogP contribution in [0.25, 0.3) is 0 Å². The monoisotopic (exact) mass is 383 g/mol. The molecule has 0 aliphatic rings. The zero-order valence-electron chi connectivity index (χ0n) is 14.4. The second-order valence-corrected chi connectivity index (χ2v) is 6.10. The summed E-state index contributed by atoms with van der Waals surface area (Å²) in [6.45, 7) is 0.279. The highest BCUT2D eigenvalue weighted by Gasteiger charge is 2.12. The minimum atomic E-state index is -0.270. The summed E-state index contributed by atoms with van der Waals surface area (Å²) in [4.78, 5) is 24.6. The molecule has 1 heterocycles. The van der Waals surface area contributed by atoms with Gasteiger partial charge in [0.2, 0.25) is 5.91 Å². The number of para-hydroxylation sites is 2. The van der Waals surface area contributed by atoms with E-state index in [1.54, 1.807) is 66.9 Å². The molecule has 0 atom stereocenters. The minimum Gasteiger partial charge on any atom is -0.467 e. The topological polar surface area (TPSA) is 83.4 Å². The number of benzene rings is 2. The third kappa shape index (κ3) is 5.12. The molecule has 0 saturated heterocycles. The van der Waals surface area contributed by atoms with Crippen LogP contribution in [0.1, 0.15) is 16.1 Å². The maximum atomic E-state index is 12.4. The van der Waals surface area contributed by atoms with Crippen LogP contribution >= 0.6 is 11.6 Å². The van der Waals surface area contributed by atoms with Crippen LogP contribution in [0.3, 0.4) is 0 Å². The van der Waals surface area contributed by atoms with Crippen molar-refractivity contribution < 1.29 is 14.0 Å². The van der Waals surface area contributed by atoms with E-state index in [1.807, 2.05) is 0 Å². The van der Waals surface area contributed by atoms with Gasteiger partial charge in [0.15, 0.2) is 0 Å². The van der Waals surface area contributed by atoms with Crippen molar-refractivity contribution in [2.75, 3.05) is 17.2 Å². The van der Waals surface area contributed by atoms with Crippen LogP contribution < -0.4 is 16.0 Å². The van der Waals surface area contributed by atoms with E-state index in [4.69, 9.17) is 16.0 Å². The Balaban J connectivity index is 1.59. The summed E-state index contributed by atoms with van der Waals surface area (Å²) >= 11 is 6.03. The molecule has 27 heavy (non-hydrogen) atoms. The zero-order valence-corrected chi connectivity index (χ0v) is 15.1. The summed E-state index contributed by atoms with van der Waals surface area (Å²) in [6.07, 6.45) is 1.55. The van der Waals surface area contributed by atoms with Gasteiger partial charge in [0.25, 0.3) is 5.91 Å². The molecule has 0 bridgehead atoms. The van der Waals surface area contributed by atoms with Crippen LogP contribution in [0, 0.1) is 0 Å². The van der Waals surface area contributed by atoms with Gasteiger partial charge in [-0.15, -0.1) is 0 Å². The van der Waals surface area contributed by atoms with Crippen molar-refractivity contribution in [2.24, 2.45) is 0 Å². The second kappa shape index (κ2) is 8.91. The van der Waals surface area contributed by atoms with Crippen molar-refractivity contribution in [2.45, 2.75) is 6.54 Å². The first-order chi connectivity index (χ1) is 13.1. The van der Waals surface area contributed by atoms with Crippen molar-refractivity contribution in [3.05, 3.63) is 83.3 Å². The lowest BCUT2D eigenvalue weighted by molar-refractivity contribution is -0.114. The van der Waals surface area contributed by atoms with Crippen molar-refractivity contribution in [3.8, 4) is 0 Å². The maximum Gasteiger partial charge on any atom is 0.253 e. The number of carbonyl (C=O) groups excluding carboxylic acids is 2. The number of anilines is 2. The lowest BCUT2D eigenvalue weighted by Gasteiger charge is -2.12. The van der Waals surface area contributed by atoms with Gasteiger partial charge < -0.3 is 20.4 Å². The number of carbonyl (C=O) groups is 2. The molecule has 0 saturated carbocycles. The molecule has 0 aliphatic heterocycles. The van der Waals surface area contributed by atoms with E-state index >= 15 is 0 Å². The van der Waals surface area contributed by atoms with E-state index in [0.29, 0.717) is 27.7 Å². The van der Waals surface area contributed by atoms with Crippen molar-refractivity contribution in [1.82, 2.24) is 5.32 Å². The van der Waals surface area contributed by atoms with E-state index in [2.05, 4.69) is 16.0 Å². The molecule has 7 heteroatoms. The number of hydrogen-bond donors (Lipinski definition) is 3. The fraction of sp³-hybridized carbons (Fsp3) is 0.100. The zero-order chi connectivity index (χ0) is 19.1. The van der Waals surface area contributed by atoms with Gasteiger partial charge in [-0.1, -0.05) is 35.9 Å². The van der Waals surface area contributed by atoms with Crippen LogP contribution in [-0.4, -0.2) is 18.4 Å². The quantitative estimate of drug-likeness (QED) is 0.577. The standard InChI is InChI=1S/C20H18ClN3O3/c21-16-8-2-4-10-18(16)24-19(25)13-22-17-9-3-1-7-15(17)20(26)23-12-14-6-5-11-27-14/h1-11,22H,12-13H2,(H,23,26)(H,24,25). The summed E-state index contributed by atoms with van der Waals surface area (Å²) in [6, 6.07) is 17.5. The lowest BCUT2D eigenvalue weighted by atomic mass is 10.1. The highest BCUT2D eigenvalue weighted by Crippen LogP contribution is 2.20. The first-order valence-electron chi connectivity index (χ1n) is 8.31. The molecule has 3 rings (SSSR count). The Bertz CT molecular complexity index is 926. The Morgan fingerprint density at radius 3 is 2.41 bits per heavy atom. The molecule has 3 aromatic rings. The van der Waals surface area contributed by atoms with Crippen molar-refractivity contribution >= 4 is 34.8 Å². The lowest BCUT2D eigenvalue weighted by Crippen LogP contribution is -2.26.